The van der Waals surface area contributed by atoms with Crippen LogP contribution >= 0.6 is 11.6 Å². The van der Waals surface area contributed by atoms with E-state index in [0.717, 1.165) is 5.69 Å². The van der Waals surface area contributed by atoms with Gasteiger partial charge in [0, 0.05) is 25.8 Å². The topological polar surface area (TPSA) is 47.0 Å². The second kappa shape index (κ2) is 5.95. The van der Waals surface area contributed by atoms with Crippen LogP contribution in [-0.4, -0.2) is 24.1 Å². The number of rotatable bonds is 4. The molecule has 1 aromatic carbocycles. The molecule has 0 saturated heterocycles. The molecule has 1 heterocycles. The summed E-state index contributed by atoms with van der Waals surface area (Å²) in [6.45, 7) is 0.374. The van der Waals surface area contributed by atoms with E-state index in [2.05, 4.69) is 15.3 Å². The Bertz CT molecular complexity index is 592. The van der Waals surface area contributed by atoms with Crippen molar-refractivity contribution in [1.82, 2.24) is 9.97 Å². The third-order valence-corrected chi connectivity index (χ3v) is 2.79. The van der Waals surface area contributed by atoms with E-state index in [-0.39, 0.29) is 5.02 Å². The maximum atomic E-state index is 13.2. The molecular weight excluding hydrogens is 269 g/mol. The van der Waals surface area contributed by atoms with Gasteiger partial charge >= 0.3 is 0 Å². The second-order valence-corrected chi connectivity index (χ2v) is 4.29. The first-order valence-corrected chi connectivity index (χ1v) is 6.02. The SMILES string of the molecule is CNc1cc(COC)nc(-c2ccc(F)c(Cl)c2)n1. The van der Waals surface area contributed by atoms with Crippen LogP contribution in [0.1, 0.15) is 5.69 Å². The number of anilines is 1. The lowest BCUT2D eigenvalue weighted by atomic mass is 10.2. The Kier molecular flexibility index (Phi) is 4.29. The number of nitrogens with one attached hydrogen (secondary N) is 1. The van der Waals surface area contributed by atoms with Gasteiger partial charge in [0.1, 0.15) is 11.6 Å². The average Bonchev–Trinajstić information content (AvgIpc) is 2.42. The quantitative estimate of drug-likeness (QED) is 0.935. The molecule has 0 atom stereocenters. The molecule has 0 aliphatic rings. The molecule has 2 rings (SSSR count). The van der Waals surface area contributed by atoms with Crippen LogP contribution < -0.4 is 5.32 Å². The van der Waals surface area contributed by atoms with Crippen molar-refractivity contribution in [3.05, 3.63) is 40.8 Å². The van der Waals surface area contributed by atoms with Gasteiger partial charge in [-0.25, -0.2) is 14.4 Å². The predicted molar refractivity (Wildman–Crippen MR) is 72.7 cm³/mol. The highest BCUT2D eigenvalue weighted by molar-refractivity contribution is 6.31. The zero-order valence-corrected chi connectivity index (χ0v) is 11.3. The van der Waals surface area contributed by atoms with Crippen LogP contribution in [0.15, 0.2) is 24.3 Å². The molecule has 4 nitrogen and oxygen atoms in total. The van der Waals surface area contributed by atoms with Crippen LogP contribution in [0.2, 0.25) is 5.02 Å². The summed E-state index contributed by atoms with van der Waals surface area (Å²) in [6.07, 6.45) is 0. The number of benzene rings is 1. The van der Waals surface area contributed by atoms with Gasteiger partial charge in [-0.3, -0.25) is 0 Å². The summed E-state index contributed by atoms with van der Waals surface area (Å²) < 4.78 is 18.2. The number of ether oxygens (including phenoxy) is 1. The number of hydrogen-bond donors (Lipinski definition) is 1. The Labute approximate surface area is 115 Å². The van der Waals surface area contributed by atoms with E-state index in [9.17, 15) is 4.39 Å². The second-order valence-electron chi connectivity index (χ2n) is 3.88. The van der Waals surface area contributed by atoms with Crippen molar-refractivity contribution in [2.24, 2.45) is 0 Å². The Balaban J connectivity index is 2.47. The van der Waals surface area contributed by atoms with Crippen LogP contribution in [0.3, 0.4) is 0 Å². The molecule has 0 bridgehead atoms. The Hall–Kier alpha value is -1.72. The maximum Gasteiger partial charge on any atom is 0.161 e. The first kappa shape index (κ1) is 13.7. The van der Waals surface area contributed by atoms with Gasteiger partial charge in [0.2, 0.25) is 0 Å². The lowest BCUT2D eigenvalue weighted by Crippen LogP contribution is -2.02. The number of halogens is 2. The van der Waals surface area contributed by atoms with Crippen LogP contribution in [-0.2, 0) is 11.3 Å². The number of nitrogens with zero attached hydrogens (tertiary/aromatic N) is 2. The third kappa shape index (κ3) is 3.19. The normalized spacial score (nSPS) is 10.5. The maximum absolute atomic E-state index is 13.2. The van der Waals surface area contributed by atoms with Crippen molar-refractivity contribution >= 4 is 17.4 Å². The minimum absolute atomic E-state index is 0.0456. The minimum atomic E-state index is -0.465. The van der Waals surface area contributed by atoms with Crippen molar-refractivity contribution in [3.8, 4) is 11.4 Å². The monoisotopic (exact) mass is 281 g/mol. The molecule has 1 N–H and O–H groups in total. The van der Waals surface area contributed by atoms with Crippen LogP contribution in [0.5, 0.6) is 0 Å². The molecule has 0 spiro atoms. The highest BCUT2D eigenvalue weighted by atomic mass is 35.5. The molecule has 100 valence electrons. The molecule has 6 heteroatoms. The van der Waals surface area contributed by atoms with Crippen LogP contribution in [0.4, 0.5) is 10.2 Å². The number of aromatic nitrogens is 2. The molecule has 0 aliphatic carbocycles. The Morgan fingerprint density at radius 2 is 2.11 bits per heavy atom. The first-order valence-electron chi connectivity index (χ1n) is 5.64. The van der Waals surface area contributed by atoms with Crippen molar-refractivity contribution in [2.45, 2.75) is 6.61 Å². The van der Waals surface area contributed by atoms with Crippen molar-refractivity contribution in [1.29, 1.82) is 0 Å². The first-order chi connectivity index (χ1) is 9.13. The van der Waals surface area contributed by atoms with Gasteiger partial charge in [0.05, 0.1) is 17.3 Å². The standard InChI is InChI=1S/C13H13ClFN3O/c1-16-12-6-9(7-19-2)17-13(18-12)8-3-4-11(15)10(14)5-8/h3-6H,7H2,1-2H3,(H,16,17,18). The highest BCUT2D eigenvalue weighted by Crippen LogP contribution is 2.23. The molecule has 0 amide bonds. The third-order valence-electron chi connectivity index (χ3n) is 2.51. The van der Waals surface area contributed by atoms with Gasteiger partial charge < -0.3 is 10.1 Å². The zero-order chi connectivity index (χ0) is 13.8. The average molecular weight is 282 g/mol. The summed E-state index contributed by atoms with van der Waals surface area (Å²) in [6, 6.07) is 6.18. The van der Waals surface area contributed by atoms with E-state index >= 15 is 0 Å². The smallest absolute Gasteiger partial charge is 0.161 e. The fourth-order valence-electron chi connectivity index (χ4n) is 1.61. The molecule has 0 aliphatic heterocycles. The fraction of sp³-hybridized carbons (Fsp3) is 0.231. The number of hydrogen-bond acceptors (Lipinski definition) is 4. The van der Waals surface area contributed by atoms with Gasteiger partial charge in [0.15, 0.2) is 5.82 Å². The molecule has 2 aromatic rings. The van der Waals surface area contributed by atoms with Gasteiger partial charge in [-0.1, -0.05) is 11.6 Å². The van der Waals surface area contributed by atoms with Crippen molar-refractivity contribution in [2.75, 3.05) is 19.5 Å². The van der Waals surface area contributed by atoms with E-state index in [4.69, 9.17) is 16.3 Å². The van der Waals surface area contributed by atoms with E-state index in [1.54, 1.807) is 26.3 Å². The van der Waals surface area contributed by atoms with Crippen molar-refractivity contribution < 1.29 is 9.13 Å². The van der Waals surface area contributed by atoms with Gasteiger partial charge in [-0.2, -0.15) is 0 Å². The number of methoxy groups -OCH3 is 1. The Morgan fingerprint density at radius 3 is 2.74 bits per heavy atom. The van der Waals surface area contributed by atoms with Crippen molar-refractivity contribution in [3.63, 3.8) is 0 Å². The van der Waals surface area contributed by atoms with Gasteiger partial charge in [-0.15, -0.1) is 0 Å². The summed E-state index contributed by atoms with van der Waals surface area (Å²) in [4.78, 5) is 8.67. The molecule has 0 saturated carbocycles. The summed E-state index contributed by atoms with van der Waals surface area (Å²) in [5.74, 6) is 0.672. The van der Waals surface area contributed by atoms with E-state index in [1.165, 1.54) is 12.1 Å². The molecule has 0 radical (unpaired) electrons. The van der Waals surface area contributed by atoms with Gasteiger partial charge in [-0.05, 0) is 18.2 Å². The van der Waals surface area contributed by atoms with Crippen LogP contribution in [0.25, 0.3) is 11.4 Å². The summed E-state index contributed by atoms with van der Waals surface area (Å²) >= 11 is 5.77. The summed E-state index contributed by atoms with van der Waals surface area (Å²) in [7, 11) is 3.36. The van der Waals surface area contributed by atoms with E-state index in [1.807, 2.05) is 0 Å². The largest absolute Gasteiger partial charge is 0.378 e. The predicted octanol–water partition coefficient (Wildman–Crippen LogP) is 3.12. The lowest BCUT2D eigenvalue weighted by Gasteiger charge is -2.08. The summed E-state index contributed by atoms with van der Waals surface area (Å²) in [5, 5.41) is 2.99. The zero-order valence-electron chi connectivity index (χ0n) is 10.6. The Morgan fingerprint density at radius 1 is 1.32 bits per heavy atom. The van der Waals surface area contributed by atoms with Crippen LogP contribution in [0, 0.1) is 5.82 Å². The molecule has 0 fully saturated rings. The molecule has 0 unspecified atom stereocenters. The van der Waals surface area contributed by atoms with E-state index < -0.39 is 5.82 Å². The van der Waals surface area contributed by atoms with Gasteiger partial charge in [0.25, 0.3) is 0 Å². The highest BCUT2D eigenvalue weighted by Gasteiger charge is 2.09. The fourth-order valence-corrected chi connectivity index (χ4v) is 1.79. The molecular formula is C13H13ClFN3O. The lowest BCUT2D eigenvalue weighted by molar-refractivity contribution is 0.181. The molecule has 1 aromatic heterocycles. The minimum Gasteiger partial charge on any atom is -0.378 e. The van der Waals surface area contributed by atoms with E-state index in [0.29, 0.717) is 23.8 Å². The molecule has 19 heavy (non-hydrogen) atoms. The summed E-state index contributed by atoms with van der Waals surface area (Å²) in [5.41, 5.74) is 1.39.